The number of nitrogens with one attached hydrogen (secondary N) is 1. The number of nitrogens with zero attached hydrogens (tertiary/aromatic N) is 2. The van der Waals surface area contributed by atoms with Crippen molar-refractivity contribution in [2.24, 2.45) is 0 Å². The second kappa shape index (κ2) is 10.6. The van der Waals surface area contributed by atoms with Crippen molar-refractivity contribution in [1.29, 1.82) is 0 Å². The first-order valence-corrected chi connectivity index (χ1v) is 11.8. The molecule has 0 bridgehead atoms. The molecule has 0 saturated carbocycles. The van der Waals surface area contributed by atoms with E-state index in [4.69, 9.17) is 13.9 Å². The number of Topliss-reactive ketones (excluding diaryl/α,β-unsaturated/α-hetero) is 1. The molecule has 3 aromatic rings. The van der Waals surface area contributed by atoms with Crippen molar-refractivity contribution >= 4 is 23.3 Å². The maximum absolute atomic E-state index is 12.8. The highest BCUT2D eigenvalue weighted by Gasteiger charge is 2.28. The average Bonchev–Trinajstić information content (AvgIpc) is 3.34. The van der Waals surface area contributed by atoms with Crippen molar-refractivity contribution in [3.05, 3.63) is 70.9 Å². The number of aryl methyl sites for hydroxylation is 2. The summed E-state index contributed by atoms with van der Waals surface area (Å²) in [4.78, 5) is 43.5. The number of anilines is 1. The molecule has 36 heavy (non-hydrogen) atoms. The van der Waals surface area contributed by atoms with E-state index in [0.29, 0.717) is 22.7 Å². The molecule has 1 aliphatic rings. The number of hydrogen-bond donors (Lipinski definition) is 1. The van der Waals surface area contributed by atoms with Crippen LogP contribution in [0.15, 0.2) is 47.1 Å². The van der Waals surface area contributed by atoms with Crippen LogP contribution in [0.1, 0.15) is 58.1 Å². The summed E-state index contributed by atoms with van der Waals surface area (Å²) in [6.45, 7) is 7.54. The van der Waals surface area contributed by atoms with E-state index in [1.807, 2.05) is 45.9 Å². The molecule has 1 aliphatic heterocycles. The summed E-state index contributed by atoms with van der Waals surface area (Å²) in [6.07, 6.45) is 2.05. The molecule has 0 aliphatic carbocycles. The predicted octanol–water partition coefficient (Wildman–Crippen LogP) is 4.01. The standard InChI is InChI=1S/C27H29N3O6/c1-5-18(4)28-27(33)21-13-36-25(29-21)12-30-22-11-19(7-9-24(22)35-15-26(30)32)23(31)14-34-20-8-6-16(2)17(3)10-20/h6-11,13,18H,5,12,14-15H2,1-4H3,(H,28,33)/t18-/m0/s1. The average molecular weight is 492 g/mol. The zero-order valence-electron chi connectivity index (χ0n) is 20.8. The Hall–Kier alpha value is -4.14. The molecule has 0 spiro atoms. The molecule has 4 rings (SSSR count). The molecule has 1 N–H and O–H groups in total. The van der Waals surface area contributed by atoms with Gasteiger partial charge in [0.25, 0.3) is 11.8 Å². The highest BCUT2D eigenvalue weighted by molar-refractivity contribution is 6.02. The Morgan fingerprint density at radius 1 is 1.17 bits per heavy atom. The zero-order valence-corrected chi connectivity index (χ0v) is 20.8. The minimum Gasteiger partial charge on any atom is -0.485 e. The van der Waals surface area contributed by atoms with Crippen molar-refractivity contribution in [2.45, 2.75) is 46.7 Å². The predicted molar refractivity (Wildman–Crippen MR) is 133 cm³/mol. The second-order valence-electron chi connectivity index (χ2n) is 8.82. The number of carbonyl (C=O) groups is 3. The summed E-state index contributed by atoms with van der Waals surface area (Å²) in [5, 5.41) is 2.83. The van der Waals surface area contributed by atoms with E-state index in [-0.39, 0.29) is 55.0 Å². The van der Waals surface area contributed by atoms with Crippen LogP contribution in [0.5, 0.6) is 11.5 Å². The number of oxazole rings is 1. The molecule has 2 heterocycles. The summed E-state index contributed by atoms with van der Waals surface area (Å²) < 4.78 is 16.7. The number of fused-ring (bicyclic) bond motifs is 1. The smallest absolute Gasteiger partial charge is 0.273 e. The van der Waals surface area contributed by atoms with Crippen LogP contribution in [0, 0.1) is 13.8 Å². The lowest BCUT2D eigenvalue weighted by Crippen LogP contribution is -2.38. The van der Waals surface area contributed by atoms with Gasteiger partial charge in [-0.25, -0.2) is 4.98 Å². The number of hydrogen-bond acceptors (Lipinski definition) is 7. The van der Waals surface area contributed by atoms with Gasteiger partial charge in [0, 0.05) is 11.6 Å². The van der Waals surface area contributed by atoms with Crippen LogP contribution in [0.2, 0.25) is 0 Å². The van der Waals surface area contributed by atoms with Gasteiger partial charge in [0.2, 0.25) is 5.89 Å². The van der Waals surface area contributed by atoms with Gasteiger partial charge in [-0.3, -0.25) is 19.3 Å². The van der Waals surface area contributed by atoms with Gasteiger partial charge in [-0.05, 0) is 68.7 Å². The number of ketones is 1. The number of carbonyl (C=O) groups excluding carboxylic acids is 3. The lowest BCUT2D eigenvalue weighted by Gasteiger charge is -2.28. The van der Waals surface area contributed by atoms with Crippen LogP contribution < -0.4 is 19.7 Å². The maximum atomic E-state index is 12.8. The van der Waals surface area contributed by atoms with Gasteiger partial charge in [0.1, 0.15) is 24.3 Å². The van der Waals surface area contributed by atoms with Crippen LogP contribution in [-0.4, -0.2) is 41.8 Å². The number of aromatic nitrogens is 1. The summed E-state index contributed by atoms with van der Waals surface area (Å²) >= 11 is 0. The molecule has 9 heteroatoms. The molecule has 0 unspecified atom stereocenters. The summed E-state index contributed by atoms with van der Waals surface area (Å²) in [6, 6.07) is 10.5. The molecular weight excluding hydrogens is 462 g/mol. The normalized spacial score (nSPS) is 13.6. The summed E-state index contributed by atoms with van der Waals surface area (Å²) in [5.74, 6) is 0.366. The highest BCUT2D eigenvalue weighted by atomic mass is 16.5. The van der Waals surface area contributed by atoms with Crippen molar-refractivity contribution in [2.75, 3.05) is 18.1 Å². The van der Waals surface area contributed by atoms with E-state index >= 15 is 0 Å². The first-order chi connectivity index (χ1) is 17.2. The number of benzene rings is 2. The van der Waals surface area contributed by atoms with Crippen LogP contribution in [0.4, 0.5) is 5.69 Å². The van der Waals surface area contributed by atoms with Crippen LogP contribution in [0.25, 0.3) is 0 Å². The van der Waals surface area contributed by atoms with Crippen molar-refractivity contribution in [3.63, 3.8) is 0 Å². The van der Waals surface area contributed by atoms with E-state index in [2.05, 4.69) is 10.3 Å². The Labute approximate surface area is 209 Å². The molecule has 9 nitrogen and oxygen atoms in total. The van der Waals surface area contributed by atoms with Gasteiger partial charge in [-0.2, -0.15) is 0 Å². The van der Waals surface area contributed by atoms with Gasteiger partial charge in [-0.15, -0.1) is 0 Å². The Morgan fingerprint density at radius 2 is 1.97 bits per heavy atom. The first kappa shape index (κ1) is 25.0. The van der Waals surface area contributed by atoms with Gasteiger partial charge in [-0.1, -0.05) is 13.0 Å². The molecule has 0 fully saturated rings. The number of amides is 2. The number of rotatable bonds is 9. The highest BCUT2D eigenvalue weighted by Crippen LogP contribution is 2.34. The SMILES string of the molecule is CC[C@H](C)NC(=O)c1coc(CN2C(=O)COc3ccc(C(=O)COc4ccc(C)c(C)c4)cc32)n1. The Balaban J connectivity index is 1.49. The van der Waals surface area contributed by atoms with E-state index in [0.717, 1.165) is 17.5 Å². The fraction of sp³-hybridized carbons (Fsp3) is 0.333. The quantitative estimate of drug-likeness (QED) is 0.450. The third-order valence-corrected chi connectivity index (χ3v) is 6.14. The van der Waals surface area contributed by atoms with Crippen molar-refractivity contribution in [1.82, 2.24) is 10.3 Å². The molecule has 1 atom stereocenters. The zero-order chi connectivity index (χ0) is 25.8. The van der Waals surface area contributed by atoms with Crippen molar-refractivity contribution in [3.8, 4) is 11.5 Å². The third-order valence-electron chi connectivity index (χ3n) is 6.14. The number of ether oxygens (including phenoxy) is 2. The van der Waals surface area contributed by atoms with Gasteiger partial charge in [0.15, 0.2) is 24.7 Å². The van der Waals surface area contributed by atoms with Crippen molar-refractivity contribution < 1.29 is 28.3 Å². The minimum absolute atomic E-state index is 0.000293. The topological polar surface area (TPSA) is 111 Å². The van der Waals surface area contributed by atoms with E-state index in [1.54, 1.807) is 18.2 Å². The lowest BCUT2D eigenvalue weighted by atomic mass is 10.1. The van der Waals surface area contributed by atoms with E-state index < -0.39 is 0 Å². The summed E-state index contributed by atoms with van der Waals surface area (Å²) in [5.41, 5.74) is 3.15. The molecule has 2 amide bonds. The Kier molecular flexibility index (Phi) is 7.38. The molecule has 1 aromatic heterocycles. The molecule has 2 aromatic carbocycles. The molecule has 188 valence electrons. The van der Waals surface area contributed by atoms with Crippen LogP contribution >= 0.6 is 0 Å². The van der Waals surface area contributed by atoms with Gasteiger partial charge < -0.3 is 19.2 Å². The molecular formula is C27H29N3O6. The fourth-order valence-electron chi connectivity index (χ4n) is 3.61. The monoisotopic (exact) mass is 491 g/mol. The van der Waals surface area contributed by atoms with Gasteiger partial charge in [0.05, 0.1) is 5.69 Å². The maximum Gasteiger partial charge on any atom is 0.273 e. The first-order valence-electron chi connectivity index (χ1n) is 11.8. The largest absolute Gasteiger partial charge is 0.485 e. The fourth-order valence-corrected chi connectivity index (χ4v) is 3.61. The Bertz CT molecular complexity index is 1300. The lowest BCUT2D eigenvalue weighted by molar-refractivity contribution is -0.121. The summed E-state index contributed by atoms with van der Waals surface area (Å²) in [7, 11) is 0. The van der Waals surface area contributed by atoms with E-state index in [1.165, 1.54) is 11.2 Å². The third kappa shape index (κ3) is 5.56. The van der Waals surface area contributed by atoms with Crippen LogP contribution in [0.3, 0.4) is 0 Å². The van der Waals surface area contributed by atoms with Crippen LogP contribution in [-0.2, 0) is 11.3 Å². The minimum atomic E-state index is -0.343. The molecule has 0 saturated heterocycles. The second-order valence-corrected chi connectivity index (χ2v) is 8.82. The molecule has 0 radical (unpaired) electrons. The van der Waals surface area contributed by atoms with Gasteiger partial charge >= 0.3 is 0 Å². The Morgan fingerprint density at radius 3 is 2.72 bits per heavy atom. The van der Waals surface area contributed by atoms with E-state index in [9.17, 15) is 14.4 Å².